The number of hydrogen-bond donors (Lipinski definition) is 0. The summed E-state index contributed by atoms with van der Waals surface area (Å²) in [7, 11) is 0. The highest BCUT2D eigenvalue weighted by atomic mass is 35.5. The minimum absolute atomic E-state index is 0.0957. The molecule has 7 heavy (non-hydrogen) atoms. The summed E-state index contributed by atoms with van der Waals surface area (Å²) < 4.78 is 0. The van der Waals surface area contributed by atoms with Crippen LogP contribution in [0, 0.1) is 0 Å². The summed E-state index contributed by atoms with van der Waals surface area (Å²) in [5.41, 5.74) is 7.69. The topological polar surface area (TPSA) is 53.5 Å². The molecule has 0 aliphatic rings. The van der Waals surface area contributed by atoms with Crippen molar-refractivity contribution < 1.29 is 9.58 Å². The lowest BCUT2D eigenvalue weighted by Gasteiger charge is -1.66. The smallest absolute Gasteiger partial charge is 0.347 e. The Morgan fingerprint density at radius 3 is 2.29 bits per heavy atom. The van der Waals surface area contributed by atoms with E-state index in [1.165, 1.54) is 6.92 Å². The molecule has 0 aromatic carbocycles. The van der Waals surface area contributed by atoms with E-state index in [9.17, 15) is 4.79 Å². The summed E-state index contributed by atoms with van der Waals surface area (Å²) in [6.45, 7) is 1.31. The Labute approximate surface area is 45.5 Å². The maximum absolute atomic E-state index is 9.85. The average Bonchev–Trinajstić information content (AvgIpc) is 1.65. The Morgan fingerprint density at radius 2 is 2.29 bits per heavy atom. The van der Waals surface area contributed by atoms with E-state index in [1.54, 1.807) is 0 Å². The van der Waals surface area contributed by atoms with Crippen LogP contribution < -0.4 is 0 Å². The number of hydrogen-bond acceptors (Lipinski definition) is 1. The van der Waals surface area contributed by atoms with Crippen LogP contribution in [0.15, 0.2) is 0 Å². The van der Waals surface area contributed by atoms with E-state index >= 15 is 0 Å². The van der Waals surface area contributed by atoms with Crippen molar-refractivity contribution in [2.45, 2.75) is 6.92 Å². The molecule has 0 spiro atoms. The van der Waals surface area contributed by atoms with Crippen LogP contribution in [0.1, 0.15) is 6.92 Å². The molecule has 0 unspecified atom stereocenters. The molecule has 0 heterocycles. The minimum Gasteiger partial charge on any atom is -0.361 e. The lowest BCUT2D eigenvalue weighted by atomic mass is 10.5. The molecule has 0 rings (SSSR count). The summed E-state index contributed by atoms with van der Waals surface area (Å²) >= 11 is 4.80. The summed E-state index contributed by atoms with van der Waals surface area (Å²) in [5.74, 6) is 0. The Morgan fingerprint density at radius 1 is 1.86 bits per heavy atom. The monoisotopic (exact) mass is 118 g/mol. The molecular weight excluding hydrogens is 115 g/mol. The van der Waals surface area contributed by atoms with E-state index in [0.717, 1.165) is 0 Å². The van der Waals surface area contributed by atoms with E-state index in [0.29, 0.717) is 0 Å². The zero-order valence-electron chi connectivity index (χ0n) is 3.68. The molecule has 0 atom stereocenters. The van der Waals surface area contributed by atoms with Gasteiger partial charge in [-0.25, -0.2) is 0 Å². The van der Waals surface area contributed by atoms with Gasteiger partial charge in [0.2, 0.25) is 0 Å². The van der Waals surface area contributed by atoms with Crippen molar-refractivity contribution in [2.75, 3.05) is 0 Å². The van der Waals surface area contributed by atoms with Crippen molar-refractivity contribution in [3.63, 3.8) is 0 Å². The molecule has 0 radical (unpaired) electrons. The van der Waals surface area contributed by atoms with Crippen LogP contribution in [0.5, 0.6) is 0 Å². The first-order valence-electron chi connectivity index (χ1n) is 1.57. The van der Waals surface area contributed by atoms with Gasteiger partial charge in [0, 0.05) is 6.92 Å². The predicted molar refractivity (Wildman–Crippen MR) is 25.2 cm³/mol. The van der Waals surface area contributed by atoms with Crippen LogP contribution >= 0.6 is 11.6 Å². The molecule has 4 heteroatoms. The van der Waals surface area contributed by atoms with Crippen LogP contribution in [-0.4, -0.2) is 15.7 Å². The van der Waals surface area contributed by atoms with Crippen molar-refractivity contribution in [1.82, 2.24) is 0 Å². The minimum atomic E-state index is -0.734. The van der Waals surface area contributed by atoms with Crippen molar-refractivity contribution in [3.05, 3.63) is 5.53 Å². The number of halogens is 1. The second-order valence-electron chi connectivity index (χ2n) is 0.959. The van der Waals surface area contributed by atoms with E-state index in [2.05, 4.69) is 4.79 Å². The number of carbonyl (C=O) groups excluding carboxylic acids is 1. The molecule has 3 nitrogen and oxygen atoms in total. The van der Waals surface area contributed by atoms with Crippen molar-refractivity contribution in [3.8, 4) is 0 Å². The highest BCUT2D eigenvalue weighted by Crippen LogP contribution is 1.77. The highest BCUT2D eigenvalue weighted by molar-refractivity contribution is 6.81. The third-order valence-corrected chi connectivity index (χ3v) is 0.708. The second kappa shape index (κ2) is 2.50. The lowest BCUT2D eigenvalue weighted by Crippen LogP contribution is -2.01. The fourth-order valence-electron chi connectivity index (χ4n) is 0.0393. The molecule has 0 saturated heterocycles. The van der Waals surface area contributed by atoms with E-state index in [-0.39, 0.29) is 5.71 Å². The van der Waals surface area contributed by atoms with Gasteiger partial charge in [0.25, 0.3) is 0 Å². The lowest BCUT2D eigenvalue weighted by molar-refractivity contribution is -0.110. The molecule has 0 aliphatic carbocycles. The predicted octanol–water partition coefficient (Wildman–Crippen LogP) is 0.443. The van der Waals surface area contributed by atoms with E-state index < -0.39 is 5.24 Å². The van der Waals surface area contributed by atoms with Gasteiger partial charge in [-0.05, 0) is 11.6 Å². The first kappa shape index (κ1) is 6.34. The first-order chi connectivity index (χ1) is 3.18. The van der Waals surface area contributed by atoms with Crippen LogP contribution in [0.25, 0.3) is 5.53 Å². The molecule has 0 N–H and O–H groups in total. The fourth-order valence-corrected chi connectivity index (χ4v) is 0.0771. The van der Waals surface area contributed by atoms with Gasteiger partial charge in [0.1, 0.15) is 0 Å². The van der Waals surface area contributed by atoms with Crippen LogP contribution in [-0.2, 0) is 4.79 Å². The van der Waals surface area contributed by atoms with Crippen LogP contribution in [0.4, 0.5) is 0 Å². The Bertz CT molecular complexity index is 136. The molecule has 0 fully saturated rings. The molecule has 0 aromatic rings. The summed E-state index contributed by atoms with van der Waals surface area (Å²) in [6.07, 6.45) is 0. The standard InChI is InChI=1S/C3H3ClN2O/c1-2(6-5)3(4)7/h1H3. The van der Waals surface area contributed by atoms with Gasteiger partial charge in [-0.2, -0.15) is 4.79 Å². The SMILES string of the molecule is CC(=[N+]=[N-])C(=O)Cl. The molecule has 0 aliphatic heterocycles. The number of rotatable bonds is 1. The van der Waals surface area contributed by atoms with Crippen LogP contribution in [0.2, 0.25) is 0 Å². The maximum Gasteiger partial charge on any atom is 0.347 e. The van der Waals surface area contributed by atoms with Crippen LogP contribution in [0.3, 0.4) is 0 Å². The van der Waals surface area contributed by atoms with Gasteiger partial charge in [0.05, 0.1) is 0 Å². The molecule has 0 amide bonds. The quantitative estimate of drug-likeness (QED) is 0.213. The largest absolute Gasteiger partial charge is 0.361 e. The first-order valence-corrected chi connectivity index (χ1v) is 1.94. The van der Waals surface area contributed by atoms with Gasteiger partial charge in [-0.15, -0.1) is 0 Å². The number of nitrogens with zero attached hydrogens (tertiary/aromatic N) is 2. The zero-order chi connectivity index (χ0) is 5.86. The maximum atomic E-state index is 9.85. The molecular formula is C3H3ClN2O. The third kappa shape index (κ3) is 2.09. The Balaban J connectivity index is 4.10. The summed E-state index contributed by atoms with van der Waals surface area (Å²) in [4.78, 5) is 12.4. The zero-order valence-corrected chi connectivity index (χ0v) is 4.44. The fraction of sp³-hybridized carbons (Fsp3) is 0.333. The Hall–Kier alpha value is -0.660. The second-order valence-corrected chi connectivity index (χ2v) is 1.30. The van der Waals surface area contributed by atoms with Gasteiger partial charge < -0.3 is 5.53 Å². The highest BCUT2D eigenvalue weighted by Gasteiger charge is 2.06. The van der Waals surface area contributed by atoms with Crippen molar-refractivity contribution >= 4 is 22.6 Å². The molecule has 38 valence electrons. The number of carbonyl (C=O) groups is 1. The van der Waals surface area contributed by atoms with Crippen molar-refractivity contribution in [2.24, 2.45) is 0 Å². The third-order valence-electron chi connectivity index (χ3n) is 0.434. The molecule has 0 aromatic heterocycles. The van der Waals surface area contributed by atoms with E-state index in [1.807, 2.05) is 0 Å². The Kier molecular flexibility index (Phi) is 2.27. The normalized spacial score (nSPS) is 7.14. The van der Waals surface area contributed by atoms with Gasteiger partial charge in [0.15, 0.2) is 0 Å². The average molecular weight is 119 g/mol. The van der Waals surface area contributed by atoms with Gasteiger partial charge >= 0.3 is 11.0 Å². The molecule has 0 bridgehead atoms. The van der Waals surface area contributed by atoms with E-state index in [4.69, 9.17) is 17.1 Å². The van der Waals surface area contributed by atoms with Gasteiger partial charge in [-0.1, -0.05) is 0 Å². The molecule has 0 saturated carbocycles. The van der Waals surface area contributed by atoms with Crippen molar-refractivity contribution in [1.29, 1.82) is 0 Å². The summed E-state index contributed by atoms with van der Waals surface area (Å²) in [6, 6.07) is 0. The summed E-state index contributed by atoms with van der Waals surface area (Å²) in [5, 5.41) is -0.734. The van der Waals surface area contributed by atoms with Gasteiger partial charge in [-0.3, -0.25) is 4.79 Å².